The highest BCUT2D eigenvalue weighted by molar-refractivity contribution is 14.0. The van der Waals surface area contributed by atoms with Crippen LogP contribution >= 0.6 is 24.0 Å². The number of ether oxygens (including phenoxy) is 3. The standard InChI is InChI=1S/C20H35N3O3.HI/c1-14-10-16(24-7)17(25-8)11-15(14)13-23(6)19(21-5)22-12-18(26-9)20(2,3)4;/h10-11,18H,12-13H2,1-9H3,(H,21,22);1H. The molecule has 0 aliphatic heterocycles. The van der Waals surface area contributed by atoms with Gasteiger partial charge in [0.1, 0.15) is 0 Å². The average molecular weight is 493 g/mol. The second-order valence-electron chi connectivity index (χ2n) is 7.51. The largest absolute Gasteiger partial charge is 0.493 e. The molecule has 1 atom stereocenters. The lowest BCUT2D eigenvalue weighted by molar-refractivity contribution is 0.0202. The summed E-state index contributed by atoms with van der Waals surface area (Å²) in [6, 6.07) is 4.02. The lowest BCUT2D eigenvalue weighted by atomic mass is 9.89. The fourth-order valence-electron chi connectivity index (χ4n) is 2.84. The summed E-state index contributed by atoms with van der Waals surface area (Å²) in [5.74, 6) is 2.30. The minimum Gasteiger partial charge on any atom is -0.493 e. The van der Waals surface area contributed by atoms with E-state index in [1.165, 1.54) is 0 Å². The SMILES string of the molecule is CN=C(NCC(OC)C(C)(C)C)N(C)Cc1cc(OC)c(OC)cc1C.I. The number of guanidine groups is 1. The van der Waals surface area contributed by atoms with Crippen molar-refractivity contribution >= 4 is 29.9 Å². The maximum Gasteiger partial charge on any atom is 0.193 e. The van der Waals surface area contributed by atoms with Crippen LogP contribution < -0.4 is 14.8 Å². The first-order valence-electron chi connectivity index (χ1n) is 8.84. The number of benzene rings is 1. The van der Waals surface area contributed by atoms with Gasteiger partial charge in [-0.1, -0.05) is 20.8 Å². The predicted octanol–water partition coefficient (Wildman–Crippen LogP) is 3.70. The molecule has 0 fully saturated rings. The first kappa shape index (κ1) is 25.8. The highest BCUT2D eigenvalue weighted by Crippen LogP contribution is 2.30. The third-order valence-electron chi connectivity index (χ3n) is 4.52. The van der Waals surface area contributed by atoms with Gasteiger partial charge in [0, 0.05) is 34.3 Å². The van der Waals surface area contributed by atoms with Crippen LogP contribution in [0.25, 0.3) is 0 Å². The third kappa shape index (κ3) is 7.37. The van der Waals surface area contributed by atoms with Gasteiger partial charge in [-0.2, -0.15) is 0 Å². The number of nitrogens with zero attached hydrogens (tertiary/aromatic N) is 2. The van der Waals surface area contributed by atoms with Crippen molar-refractivity contribution in [1.82, 2.24) is 10.2 Å². The molecule has 156 valence electrons. The monoisotopic (exact) mass is 493 g/mol. The van der Waals surface area contributed by atoms with Gasteiger partial charge in [0.05, 0.1) is 20.3 Å². The molecule has 6 nitrogen and oxygen atoms in total. The van der Waals surface area contributed by atoms with Crippen LogP contribution in [0.15, 0.2) is 17.1 Å². The molecule has 27 heavy (non-hydrogen) atoms. The number of aryl methyl sites for hydroxylation is 1. The summed E-state index contributed by atoms with van der Waals surface area (Å²) in [4.78, 5) is 6.49. The molecule has 0 aliphatic carbocycles. The van der Waals surface area contributed by atoms with E-state index in [9.17, 15) is 0 Å². The third-order valence-corrected chi connectivity index (χ3v) is 4.52. The Kier molecular flexibility index (Phi) is 11.1. The lowest BCUT2D eigenvalue weighted by Gasteiger charge is -2.31. The van der Waals surface area contributed by atoms with Crippen LogP contribution in [-0.2, 0) is 11.3 Å². The molecule has 1 unspecified atom stereocenters. The zero-order valence-electron chi connectivity index (χ0n) is 18.2. The summed E-state index contributed by atoms with van der Waals surface area (Å²) < 4.78 is 16.4. The Labute approximate surface area is 181 Å². The topological polar surface area (TPSA) is 55.3 Å². The van der Waals surface area contributed by atoms with E-state index in [1.54, 1.807) is 28.4 Å². The number of rotatable bonds is 7. The maximum absolute atomic E-state index is 5.62. The molecule has 0 amide bonds. The van der Waals surface area contributed by atoms with Crippen LogP contribution in [0.2, 0.25) is 0 Å². The van der Waals surface area contributed by atoms with Gasteiger partial charge >= 0.3 is 0 Å². The first-order chi connectivity index (χ1) is 12.2. The molecule has 0 spiro atoms. The van der Waals surface area contributed by atoms with Gasteiger partial charge < -0.3 is 24.4 Å². The molecule has 0 saturated heterocycles. The van der Waals surface area contributed by atoms with Crippen molar-refractivity contribution < 1.29 is 14.2 Å². The van der Waals surface area contributed by atoms with Crippen molar-refractivity contribution in [2.24, 2.45) is 10.4 Å². The molecule has 7 heteroatoms. The molecule has 1 aromatic rings. The Balaban J connectivity index is 0.00000676. The summed E-state index contributed by atoms with van der Waals surface area (Å²) in [5.41, 5.74) is 2.36. The van der Waals surface area contributed by atoms with E-state index in [2.05, 4.69) is 42.9 Å². The second-order valence-corrected chi connectivity index (χ2v) is 7.51. The fourth-order valence-corrected chi connectivity index (χ4v) is 2.84. The van der Waals surface area contributed by atoms with Crippen LogP contribution in [0, 0.1) is 12.3 Å². The summed E-state index contributed by atoms with van der Waals surface area (Å²) >= 11 is 0. The second kappa shape index (κ2) is 11.6. The van der Waals surface area contributed by atoms with Crippen LogP contribution in [0.5, 0.6) is 11.5 Å². The Bertz CT molecular complexity index is 615. The van der Waals surface area contributed by atoms with E-state index >= 15 is 0 Å². The summed E-state index contributed by atoms with van der Waals surface area (Å²) in [6.45, 7) is 9.98. The van der Waals surface area contributed by atoms with Gasteiger partial charge in [0.2, 0.25) is 0 Å². The van der Waals surface area contributed by atoms with Gasteiger partial charge in [-0.3, -0.25) is 4.99 Å². The van der Waals surface area contributed by atoms with Crippen molar-refractivity contribution in [1.29, 1.82) is 0 Å². The van der Waals surface area contributed by atoms with E-state index in [0.717, 1.165) is 28.6 Å². The number of halogens is 1. The van der Waals surface area contributed by atoms with Crippen molar-refractivity contribution in [3.63, 3.8) is 0 Å². The number of hydrogen-bond acceptors (Lipinski definition) is 4. The van der Waals surface area contributed by atoms with Gasteiger partial charge in [0.15, 0.2) is 17.5 Å². The molecule has 1 aromatic carbocycles. The Morgan fingerprint density at radius 2 is 1.70 bits per heavy atom. The average Bonchev–Trinajstić information content (AvgIpc) is 2.58. The number of aliphatic imine (C=N–C) groups is 1. The summed E-state index contributed by atoms with van der Waals surface area (Å²) in [5, 5.41) is 3.41. The molecule has 0 radical (unpaired) electrons. The summed E-state index contributed by atoms with van der Waals surface area (Å²) in [6.07, 6.45) is 0.0930. The smallest absolute Gasteiger partial charge is 0.193 e. The van der Waals surface area contributed by atoms with Crippen LogP contribution in [0.3, 0.4) is 0 Å². The highest BCUT2D eigenvalue weighted by atomic mass is 127. The lowest BCUT2D eigenvalue weighted by Crippen LogP contribution is -2.45. The molecule has 0 bridgehead atoms. The Morgan fingerprint density at radius 3 is 2.15 bits per heavy atom. The predicted molar refractivity (Wildman–Crippen MR) is 123 cm³/mol. The van der Waals surface area contributed by atoms with Crippen molar-refractivity contribution in [3.05, 3.63) is 23.3 Å². The van der Waals surface area contributed by atoms with Gasteiger partial charge in [0.25, 0.3) is 0 Å². The van der Waals surface area contributed by atoms with Crippen LogP contribution in [0.1, 0.15) is 31.9 Å². The zero-order chi connectivity index (χ0) is 19.9. The van der Waals surface area contributed by atoms with Crippen molar-refractivity contribution in [2.45, 2.75) is 40.3 Å². The van der Waals surface area contributed by atoms with Crippen molar-refractivity contribution in [2.75, 3.05) is 42.0 Å². The van der Waals surface area contributed by atoms with Gasteiger partial charge in [-0.15, -0.1) is 24.0 Å². The van der Waals surface area contributed by atoms with Gasteiger partial charge in [-0.25, -0.2) is 0 Å². The fraction of sp³-hybridized carbons (Fsp3) is 0.650. The summed E-state index contributed by atoms with van der Waals surface area (Å²) in [7, 11) is 8.86. The minimum atomic E-state index is 0. The van der Waals surface area contributed by atoms with E-state index < -0.39 is 0 Å². The normalized spacial score (nSPS) is 12.9. The first-order valence-corrected chi connectivity index (χ1v) is 8.84. The van der Waals surface area contributed by atoms with Crippen LogP contribution in [-0.4, -0.2) is 58.9 Å². The van der Waals surface area contributed by atoms with E-state index in [4.69, 9.17) is 14.2 Å². The number of hydrogen-bond donors (Lipinski definition) is 1. The van der Waals surface area contributed by atoms with Gasteiger partial charge in [-0.05, 0) is 35.6 Å². The molecule has 1 N–H and O–H groups in total. The Morgan fingerprint density at radius 1 is 1.15 bits per heavy atom. The molecular formula is C20H36IN3O3. The molecule has 1 rings (SSSR count). The van der Waals surface area contributed by atoms with Crippen molar-refractivity contribution in [3.8, 4) is 11.5 Å². The van der Waals surface area contributed by atoms with E-state index in [-0.39, 0.29) is 35.5 Å². The zero-order valence-corrected chi connectivity index (χ0v) is 20.5. The van der Waals surface area contributed by atoms with Crippen LogP contribution in [0.4, 0.5) is 0 Å². The molecule has 0 heterocycles. The highest BCUT2D eigenvalue weighted by Gasteiger charge is 2.24. The number of nitrogens with one attached hydrogen (secondary N) is 1. The Hall–Kier alpha value is -1.22. The van der Waals surface area contributed by atoms with E-state index in [0.29, 0.717) is 13.1 Å². The van der Waals surface area contributed by atoms with E-state index in [1.807, 2.05) is 19.2 Å². The quantitative estimate of drug-likeness (QED) is 0.357. The molecular weight excluding hydrogens is 457 g/mol. The molecule has 0 aliphatic rings. The minimum absolute atomic E-state index is 0. The molecule has 0 saturated carbocycles. The maximum atomic E-state index is 5.62. The molecule has 0 aromatic heterocycles. The number of methoxy groups -OCH3 is 3.